The number of anilines is 1. The Labute approximate surface area is 123 Å². The number of carbonyl (C=O) groups excluding carboxylic acids is 1. The predicted molar refractivity (Wildman–Crippen MR) is 80.3 cm³/mol. The molecule has 0 saturated carbocycles. The van der Waals surface area contributed by atoms with E-state index in [1.54, 1.807) is 37.4 Å². The van der Waals surface area contributed by atoms with Crippen molar-refractivity contribution in [3.63, 3.8) is 0 Å². The summed E-state index contributed by atoms with van der Waals surface area (Å²) >= 11 is 0. The van der Waals surface area contributed by atoms with Crippen molar-refractivity contribution in [1.82, 2.24) is 0 Å². The number of para-hydroxylation sites is 1. The molecule has 5 heteroatoms. The molecule has 0 heterocycles. The van der Waals surface area contributed by atoms with Crippen LogP contribution in [0.25, 0.3) is 0 Å². The first-order chi connectivity index (χ1) is 10.1. The fraction of sp³-hybridized carbons (Fsp3) is 0.188. The van der Waals surface area contributed by atoms with Gasteiger partial charge in [-0.15, -0.1) is 0 Å². The fourth-order valence-corrected chi connectivity index (χ4v) is 1.97. The second-order valence-electron chi connectivity index (χ2n) is 4.49. The predicted octanol–water partition coefficient (Wildman–Crippen LogP) is 2.97. The van der Waals surface area contributed by atoms with E-state index in [4.69, 9.17) is 9.47 Å². The molecule has 0 radical (unpaired) electrons. The Morgan fingerprint density at radius 1 is 1.10 bits per heavy atom. The molecule has 0 aliphatic carbocycles. The first kappa shape index (κ1) is 14.7. The van der Waals surface area contributed by atoms with E-state index < -0.39 is 0 Å². The van der Waals surface area contributed by atoms with Gasteiger partial charge in [0, 0.05) is 11.8 Å². The summed E-state index contributed by atoms with van der Waals surface area (Å²) in [6.07, 6.45) is 0. The molecule has 2 rings (SSSR count). The monoisotopic (exact) mass is 287 g/mol. The number of hydrogen-bond donors (Lipinski definition) is 2. The maximum absolute atomic E-state index is 12.2. The number of rotatable bonds is 4. The molecule has 0 atom stereocenters. The lowest BCUT2D eigenvalue weighted by Gasteiger charge is -2.14. The third-order valence-electron chi connectivity index (χ3n) is 3.13. The average molecular weight is 287 g/mol. The molecule has 2 N–H and O–H groups in total. The summed E-state index contributed by atoms with van der Waals surface area (Å²) < 4.78 is 10.4. The van der Waals surface area contributed by atoms with E-state index in [0.717, 1.165) is 5.56 Å². The Bertz CT molecular complexity index is 667. The smallest absolute Gasteiger partial charge is 0.259 e. The molecule has 0 aliphatic rings. The topological polar surface area (TPSA) is 67.8 Å². The molecule has 0 bridgehead atoms. The van der Waals surface area contributed by atoms with Crippen LogP contribution in [0, 0.1) is 6.92 Å². The lowest BCUT2D eigenvalue weighted by Crippen LogP contribution is -2.13. The van der Waals surface area contributed by atoms with Gasteiger partial charge in [0.25, 0.3) is 5.91 Å². The normalized spacial score (nSPS) is 10.0. The maximum Gasteiger partial charge on any atom is 0.259 e. The lowest BCUT2D eigenvalue weighted by atomic mass is 10.1. The minimum absolute atomic E-state index is 0.0619. The first-order valence-electron chi connectivity index (χ1n) is 6.38. The molecule has 0 saturated heterocycles. The number of methoxy groups -OCH3 is 2. The van der Waals surface area contributed by atoms with Gasteiger partial charge in [-0.05, 0) is 30.7 Å². The van der Waals surface area contributed by atoms with Crippen LogP contribution < -0.4 is 14.8 Å². The molecular weight excluding hydrogens is 270 g/mol. The summed E-state index contributed by atoms with van der Waals surface area (Å²) in [5, 5.41) is 12.5. The molecule has 0 aromatic heterocycles. The zero-order valence-electron chi connectivity index (χ0n) is 12.1. The van der Waals surface area contributed by atoms with Gasteiger partial charge in [-0.1, -0.05) is 12.1 Å². The fourth-order valence-electron chi connectivity index (χ4n) is 1.97. The molecule has 1 amide bonds. The number of phenols is 1. The van der Waals surface area contributed by atoms with Gasteiger partial charge in [0.15, 0.2) is 11.5 Å². The van der Waals surface area contributed by atoms with Gasteiger partial charge < -0.3 is 19.9 Å². The van der Waals surface area contributed by atoms with Crippen LogP contribution >= 0.6 is 0 Å². The summed E-state index contributed by atoms with van der Waals surface area (Å²) in [7, 11) is 3.08. The number of aryl methyl sites for hydroxylation is 1. The van der Waals surface area contributed by atoms with Gasteiger partial charge in [0.2, 0.25) is 0 Å². The highest BCUT2D eigenvalue weighted by molar-refractivity contribution is 6.06. The average Bonchev–Trinajstić information content (AvgIpc) is 2.49. The largest absolute Gasteiger partial charge is 0.507 e. The number of nitrogens with one attached hydrogen (secondary N) is 1. The van der Waals surface area contributed by atoms with Gasteiger partial charge in [0.1, 0.15) is 5.75 Å². The highest BCUT2D eigenvalue weighted by atomic mass is 16.5. The van der Waals surface area contributed by atoms with Crippen molar-refractivity contribution in [2.75, 3.05) is 19.5 Å². The Balaban J connectivity index is 2.31. The van der Waals surface area contributed by atoms with Crippen LogP contribution in [0.5, 0.6) is 17.2 Å². The van der Waals surface area contributed by atoms with Gasteiger partial charge in [0.05, 0.1) is 19.8 Å². The molecule has 5 nitrogen and oxygen atoms in total. The first-order valence-corrected chi connectivity index (χ1v) is 6.38. The number of phenolic OH excluding ortho intramolecular Hbond substituents is 1. The third kappa shape index (κ3) is 3.08. The second-order valence-corrected chi connectivity index (χ2v) is 4.49. The summed E-state index contributed by atoms with van der Waals surface area (Å²) in [5.74, 6) is 0.669. The number of hydrogen-bond acceptors (Lipinski definition) is 4. The van der Waals surface area contributed by atoms with Crippen molar-refractivity contribution in [3.05, 3.63) is 47.5 Å². The number of aromatic hydroxyl groups is 1. The molecule has 0 fully saturated rings. The molecule has 0 aliphatic heterocycles. The molecular formula is C16H17NO4. The van der Waals surface area contributed by atoms with Crippen molar-refractivity contribution < 1.29 is 19.4 Å². The van der Waals surface area contributed by atoms with E-state index in [1.807, 2.05) is 6.92 Å². The quantitative estimate of drug-likeness (QED) is 0.907. The summed E-state index contributed by atoms with van der Waals surface area (Å²) in [4.78, 5) is 12.2. The van der Waals surface area contributed by atoms with E-state index in [1.165, 1.54) is 13.2 Å². The van der Waals surface area contributed by atoms with Crippen LogP contribution in [0.3, 0.4) is 0 Å². The minimum Gasteiger partial charge on any atom is -0.507 e. The van der Waals surface area contributed by atoms with E-state index >= 15 is 0 Å². The molecule has 0 unspecified atom stereocenters. The van der Waals surface area contributed by atoms with Gasteiger partial charge in [-0.2, -0.15) is 0 Å². The van der Waals surface area contributed by atoms with Crippen LogP contribution in [0.1, 0.15) is 15.9 Å². The molecule has 21 heavy (non-hydrogen) atoms. The summed E-state index contributed by atoms with van der Waals surface area (Å²) in [5.41, 5.74) is 1.64. The van der Waals surface area contributed by atoms with E-state index in [-0.39, 0.29) is 17.2 Å². The number of amides is 1. The Morgan fingerprint density at radius 3 is 2.33 bits per heavy atom. The van der Waals surface area contributed by atoms with Crippen molar-refractivity contribution in [1.29, 1.82) is 0 Å². The third-order valence-corrected chi connectivity index (χ3v) is 3.13. The lowest BCUT2D eigenvalue weighted by molar-refractivity contribution is 0.102. The molecule has 110 valence electrons. The van der Waals surface area contributed by atoms with E-state index in [9.17, 15) is 9.90 Å². The Kier molecular flexibility index (Phi) is 4.33. The van der Waals surface area contributed by atoms with Crippen molar-refractivity contribution in [2.24, 2.45) is 0 Å². The van der Waals surface area contributed by atoms with E-state index in [0.29, 0.717) is 17.2 Å². The standard InChI is InChI=1S/C16H17NO4/c1-10-8-14(20-2)15(21-3)9-12(10)17-16(19)11-6-4-5-7-13(11)18/h4-9,18H,1-3H3,(H,17,19). The number of ether oxygens (including phenoxy) is 2. The minimum atomic E-state index is -0.386. The van der Waals surface area contributed by atoms with Gasteiger partial charge >= 0.3 is 0 Å². The zero-order chi connectivity index (χ0) is 15.4. The van der Waals surface area contributed by atoms with Crippen LogP contribution in [0.2, 0.25) is 0 Å². The SMILES string of the molecule is COc1cc(C)c(NC(=O)c2ccccc2O)cc1OC. The van der Waals surface area contributed by atoms with E-state index in [2.05, 4.69) is 5.32 Å². The van der Waals surface area contributed by atoms with Crippen LogP contribution in [0.4, 0.5) is 5.69 Å². The highest BCUT2D eigenvalue weighted by Crippen LogP contribution is 2.33. The second kappa shape index (κ2) is 6.17. The number of carbonyl (C=O) groups is 1. The van der Waals surface area contributed by atoms with Crippen molar-refractivity contribution >= 4 is 11.6 Å². The zero-order valence-corrected chi connectivity index (χ0v) is 12.1. The van der Waals surface area contributed by atoms with Gasteiger partial charge in [-0.3, -0.25) is 4.79 Å². The summed E-state index contributed by atoms with van der Waals surface area (Å²) in [6.45, 7) is 1.85. The Hall–Kier alpha value is -2.69. The molecule has 2 aromatic carbocycles. The number of benzene rings is 2. The summed E-state index contributed by atoms with van der Waals surface area (Å²) in [6, 6.07) is 9.84. The molecule has 2 aromatic rings. The van der Waals surface area contributed by atoms with Crippen LogP contribution in [-0.2, 0) is 0 Å². The molecule has 0 spiro atoms. The van der Waals surface area contributed by atoms with Crippen molar-refractivity contribution in [3.8, 4) is 17.2 Å². The highest BCUT2D eigenvalue weighted by Gasteiger charge is 2.14. The van der Waals surface area contributed by atoms with Crippen molar-refractivity contribution in [2.45, 2.75) is 6.92 Å². The van der Waals surface area contributed by atoms with Gasteiger partial charge in [-0.25, -0.2) is 0 Å². The maximum atomic E-state index is 12.2. The van der Waals surface area contributed by atoms with Crippen LogP contribution in [-0.4, -0.2) is 25.2 Å². The van der Waals surface area contributed by atoms with Crippen LogP contribution in [0.15, 0.2) is 36.4 Å². The Morgan fingerprint density at radius 2 is 1.71 bits per heavy atom.